The molecular weight excluding hydrogens is 248 g/mol. The molecule has 0 aromatic carbocycles. The van der Waals surface area contributed by atoms with Gasteiger partial charge in [-0.2, -0.15) is 15.0 Å². The van der Waals surface area contributed by atoms with Gasteiger partial charge in [0.05, 0.1) is 6.61 Å². The zero-order chi connectivity index (χ0) is 14.4. The van der Waals surface area contributed by atoms with Crippen molar-refractivity contribution < 1.29 is 9.53 Å². The minimum atomic E-state index is -0.487. The van der Waals surface area contributed by atoms with Gasteiger partial charge in [-0.15, -0.1) is 0 Å². The molecule has 1 amide bonds. The Bertz CT molecular complexity index is 437. The van der Waals surface area contributed by atoms with Gasteiger partial charge in [-0.25, -0.2) is 0 Å². The van der Waals surface area contributed by atoms with Crippen LogP contribution in [0.3, 0.4) is 0 Å². The van der Waals surface area contributed by atoms with E-state index >= 15 is 0 Å². The number of nitrogens with zero attached hydrogens (tertiary/aromatic N) is 3. The van der Waals surface area contributed by atoms with Crippen LogP contribution in [-0.4, -0.2) is 39.5 Å². The number of nitrogens with one attached hydrogen (secondary N) is 2. The quantitative estimate of drug-likeness (QED) is 0.674. The van der Waals surface area contributed by atoms with Gasteiger partial charge in [0.15, 0.2) is 0 Å². The number of nitrogen functional groups attached to an aromatic ring is 1. The summed E-state index contributed by atoms with van der Waals surface area (Å²) in [6.45, 7) is 7.72. The van der Waals surface area contributed by atoms with Crippen molar-refractivity contribution in [2.75, 3.05) is 17.7 Å². The van der Waals surface area contributed by atoms with Crippen molar-refractivity contribution in [1.82, 2.24) is 20.3 Å². The number of anilines is 2. The first-order valence-electron chi connectivity index (χ1n) is 6.13. The van der Waals surface area contributed by atoms with E-state index in [0.717, 1.165) is 0 Å². The molecule has 1 unspecified atom stereocenters. The number of hydrogen-bond donors (Lipinski definition) is 3. The van der Waals surface area contributed by atoms with E-state index in [1.807, 2.05) is 20.8 Å². The Morgan fingerprint density at radius 2 is 2.00 bits per heavy atom. The van der Waals surface area contributed by atoms with E-state index in [0.29, 0.717) is 6.61 Å². The first kappa shape index (κ1) is 14.9. The molecule has 0 saturated heterocycles. The smallest absolute Gasteiger partial charge is 0.323 e. The lowest BCUT2D eigenvalue weighted by Crippen LogP contribution is -2.41. The molecule has 0 aliphatic heterocycles. The highest BCUT2D eigenvalue weighted by molar-refractivity contribution is 5.83. The van der Waals surface area contributed by atoms with E-state index in [9.17, 15) is 4.79 Å². The van der Waals surface area contributed by atoms with Crippen molar-refractivity contribution in [2.24, 2.45) is 0 Å². The molecule has 0 spiro atoms. The maximum Gasteiger partial charge on any atom is 0.323 e. The highest BCUT2D eigenvalue weighted by atomic mass is 16.5. The summed E-state index contributed by atoms with van der Waals surface area (Å²) in [6, 6.07) is -0.285. The summed E-state index contributed by atoms with van der Waals surface area (Å²) in [5, 5.41) is 5.63. The van der Waals surface area contributed by atoms with Crippen LogP contribution in [0.4, 0.5) is 11.9 Å². The number of hydrogen-bond acceptors (Lipinski definition) is 7. The molecule has 1 heterocycles. The normalized spacial score (nSPS) is 12.1. The number of ether oxygens (including phenoxy) is 1. The molecule has 19 heavy (non-hydrogen) atoms. The summed E-state index contributed by atoms with van der Waals surface area (Å²) >= 11 is 0. The monoisotopic (exact) mass is 268 g/mol. The Morgan fingerprint density at radius 3 is 2.58 bits per heavy atom. The lowest BCUT2D eigenvalue weighted by atomic mass is 10.3. The Labute approximate surface area is 112 Å². The molecule has 1 rings (SSSR count). The van der Waals surface area contributed by atoms with E-state index in [1.54, 1.807) is 6.92 Å². The Hall–Kier alpha value is -2.12. The predicted molar refractivity (Wildman–Crippen MR) is 71.8 cm³/mol. The molecule has 0 bridgehead atoms. The fraction of sp³-hybridized carbons (Fsp3) is 0.636. The van der Waals surface area contributed by atoms with Crippen LogP contribution in [0.2, 0.25) is 0 Å². The summed E-state index contributed by atoms with van der Waals surface area (Å²) in [4.78, 5) is 23.5. The molecule has 8 nitrogen and oxygen atoms in total. The fourth-order valence-electron chi connectivity index (χ4n) is 1.30. The van der Waals surface area contributed by atoms with Gasteiger partial charge >= 0.3 is 6.01 Å². The lowest BCUT2D eigenvalue weighted by molar-refractivity contribution is -0.122. The number of carbonyl (C=O) groups excluding carboxylic acids is 1. The highest BCUT2D eigenvalue weighted by Gasteiger charge is 2.15. The van der Waals surface area contributed by atoms with Gasteiger partial charge < -0.3 is 21.1 Å². The molecule has 0 radical (unpaired) electrons. The molecule has 1 aromatic rings. The molecule has 1 aromatic heterocycles. The van der Waals surface area contributed by atoms with Crippen molar-refractivity contribution in [3.8, 4) is 6.01 Å². The van der Waals surface area contributed by atoms with Crippen molar-refractivity contribution in [3.05, 3.63) is 0 Å². The number of nitrogens with two attached hydrogens (primary N) is 1. The SMILES string of the molecule is CCOc1nc(N)nc(NC(C)C(=O)NC(C)C)n1. The largest absolute Gasteiger partial charge is 0.464 e. The second-order valence-electron chi connectivity index (χ2n) is 4.26. The van der Waals surface area contributed by atoms with E-state index < -0.39 is 6.04 Å². The average molecular weight is 268 g/mol. The van der Waals surface area contributed by atoms with Crippen molar-refractivity contribution >= 4 is 17.8 Å². The van der Waals surface area contributed by atoms with Gasteiger partial charge in [0.2, 0.25) is 17.8 Å². The van der Waals surface area contributed by atoms with Crippen molar-refractivity contribution in [3.63, 3.8) is 0 Å². The number of rotatable bonds is 6. The van der Waals surface area contributed by atoms with Crippen LogP contribution < -0.4 is 21.1 Å². The van der Waals surface area contributed by atoms with Gasteiger partial charge in [0.25, 0.3) is 0 Å². The van der Waals surface area contributed by atoms with Gasteiger partial charge in [-0.1, -0.05) is 0 Å². The Kier molecular flexibility index (Phi) is 5.28. The minimum Gasteiger partial charge on any atom is -0.464 e. The van der Waals surface area contributed by atoms with Crippen LogP contribution in [0.1, 0.15) is 27.7 Å². The number of amides is 1. The van der Waals surface area contributed by atoms with Crippen LogP contribution in [-0.2, 0) is 4.79 Å². The molecule has 0 aliphatic rings. The minimum absolute atomic E-state index is 0.0393. The summed E-state index contributed by atoms with van der Waals surface area (Å²) in [5.74, 6) is 0.103. The first-order valence-corrected chi connectivity index (χ1v) is 6.13. The third-order valence-corrected chi connectivity index (χ3v) is 2.08. The molecule has 0 fully saturated rings. The highest BCUT2D eigenvalue weighted by Crippen LogP contribution is 2.09. The first-order chi connectivity index (χ1) is 8.92. The Morgan fingerprint density at radius 1 is 1.32 bits per heavy atom. The van der Waals surface area contributed by atoms with E-state index in [1.165, 1.54) is 0 Å². The molecule has 8 heteroatoms. The molecule has 106 valence electrons. The maximum atomic E-state index is 11.7. The summed E-state index contributed by atoms with van der Waals surface area (Å²) in [5.41, 5.74) is 5.54. The van der Waals surface area contributed by atoms with Crippen LogP contribution >= 0.6 is 0 Å². The second-order valence-corrected chi connectivity index (χ2v) is 4.26. The molecule has 1 atom stereocenters. The molecular formula is C11H20N6O2. The van der Waals surface area contributed by atoms with Crippen LogP contribution in [0, 0.1) is 0 Å². The van der Waals surface area contributed by atoms with Crippen molar-refractivity contribution in [2.45, 2.75) is 39.8 Å². The number of aromatic nitrogens is 3. The van der Waals surface area contributed by atoms with E-state index in [2.05, 4.69) is 25.6 Å². The number of carbonyl (C=O) groups is 1. The van der Waals surface area contributed by atoms with Gasteiger partial charge in [-0.05, 0) is 27.7 Å². The fourth-order valence-corrected chi connectivity index (χ4v) is 1.30. The molecule has 4 N–H and O–H groups in total. The van der Waals surface area contributed by atoms with Crippen LogP contribution in [0.25, 0.3) is 0 Å². The lowest BCUT2D eigenvalue weighted by Gasteiger charge is -2.16. The third kappa shape index (κ3) is 4.94. The standard InChI is InChI=1S/C11H20N6O2/c1-5-19-11-16-9(12)15-10(17-11)14-7(4)8(18)13-6(2)3/h6-7H,5H2,1-4H3,(H,13,18)(H3,12,14,15,16,17). The second kappa shape index (κ2) is 6.72. The van der Waals surface area contributed by atoms with Gasteiger partial charge in [-0.3, -0.25) is 4.79 Å². The van der Waals surface area contributed by atoms with E-state index in [-0.39, 0.29) is 29.9 Å². The Balaban J connectivity index is 2.73. The zero-order valence-corrected chi connectivity index (χ0v) is 11.6. The van der Waals surface area contributed by atoms with E-state index in [4.69, 9.17) is 10.5 Å². The van der Waals surface area contributed by atoms with Crippen molar-refractivity contribution in [1.29, 1.82) is 0 Å². The van der Waals surface area contributed by atoms with Gasteiger partial charge in [0.1, 0.15) is 6.04 Å². The molecule has 0 aliphatic carbocycles. The molecule has 0 saturated carbocycles. The average Bonchev–Trinajstić information content (AvgIpc) is 2.27. The summed E-state index contributed by atoms with van der Waals surface area (Å²) in [6.07, 6.45) is 0. The predicted octanol–water partition coefficient (Wildman–Crippen LogP) is 0.178. The van der Waals surface area contributed by atoms with Crippen LogP contribution in [0.15, 0.2) is 0 Å². The van der Waals surface area contributed by atoms with Gasteiger partial charge in [0, 0.05) is 6.04 Å². The summed E-state index contributed by atoms with van der Waals surface area (Å²) in [7, 11) is 0. The third-order valence-electron chi connectivity index (χ3n) is 2.08. The van der Waals surface area contributed by atoms with Crippen LogP contribution in [0.5, 0.6) is 6.01 Å². The zero-order valence-electron chi connectivity index (χ0n) is 11.6. The summed E-state index contributed by atoms with van der Waals surface area (Å²) < 4.78 is 5.15. The topological polar surface area (TPSA) is 115 Å². The maximum absolute atomic E-state index is 11.7.